The summed E-state index contributed by atoms with van der Waals surface area (Å²) in [5, 5.41) is 3.12. The van der Waals surface area contributed by atoms with Crippen molar-refractivity contribution < 1.29 is 0 Å². The molecule has 0 fully saturated rings. The summed E-state index contributed by atoms with van der Waals surface area (Å²) in [6.07, 6.45) is 1.85. The van der Waals surface area contributed by atoms with Crippen LogP contribution in [0.4, 0.5) is 5.82 Å². The maximum atomic E-state index is 4.15. The fraction of sp³-hybridized carbons (Fsp3) is 0.286. The molecule has 3 heteroatoms. The molecule has 0 unspecified atom stereocenters. The molecule has 0 aliphatic carbocycles. The average Bonchev–Trinajstić information content (AvgIpc) is 1.95. The van der Waals surface area contributed by atoms with Gasteiger partial charge in [0.2, 0.25) is 0 Å². The van der Waals surface area contributed by atoms with Crippen molar-refractivity contribution in [2.45, 2.75) is 6.92 Å². The molecule has 1 aromatic heterocycles. The maximum Gasteiger partial charge on any atom is 0.125 e. The van der Waals surface area contributed by atoms with Gasteiger partial charge in [-0.25, -0.2) is 4.98 Å². The first-order chi connectivity index (χ1) is 4.83. The molecule has 0 aromatic carbocycles. The molecule has 1 aromatic rings. The van der Waals surface area contributed by atoms with Crippen molar-refractivity contribution in [2.75, 3.05) is 11.9 Å². The first-order valence-electron chi connectivity index (χ1n) is 3.18. The predicted octanol–water partition coefficient (Wildman–Crippen LogP) is 2.12. The molecule has 1 heterocycles. The van der Waals surface area contributed by atoms with Crippen LogP contribution in [0.2, 0.25) is 0 Å². The van der Waals surface area contributed by atoms with Crippen molar-refractivity contribution in [3.63, 3.8) is 0 Å². The molecule has 0 radical (unpaired) electrons. The van der Waals surface area contributed by atoms with Crippen LogP contribution < -0.4 is 5.32 Å². The van der Waals surface area contributed by atoms with Gasteiger partial charge in [-0.3, -0.25) is 0 Å². The van der Waals surface area contributed by atoms with Crippen LogP contribution in [0.25, 0.3) is 0 Å². The van der Waals surface area contributed by atoms with Gasteiger partial charge < -0.3 is 5.32 Å². The molecule has 0 saturated carbocycles. The lowest BCUT2D eigenvalue weighted by molar-refractivity contribution is 1.15. The van der Waals surface area contributed by atoms with E-state index in [-0.39, 0.29) is 0 Å². The molecule has 2 nitrogen and oxygen atoms in total. The van der Waals surface area contributed by atoms with E-state index in [9.17, 15) is 0 Å². The predicted molar refractivity (Wildman–Crippen MR) is 51.1 cm³/mol. The highest BCUT2D eigenvalue weighted by Crippen LogP contribution is 2.05. The summed E-state index contributed by atoms with van der Waals surface area (Å²) in [5.74, 6) is 0.947. The Morgan fingerprint density at radius 3 is 2.90 bits per heavy atom. The zero-order valence-electron chi connectivity index (χ0n) is 5.76. The summed E-state index contributed by atoms with van der Waals surface area (Å²) < 4.78 is 1.17. The smallest absolute Gasteiger partial charge is 0.125 e. The van der Waals surface area contributed by atoms with Crippen molar-refractivity contribution in [3.8, 4) is 0 Å². The Kier molecular flexibility index (Phi) is 2.92. The van der Waals surface area contributed by atoms with Crippen LogP contribution in [0.3, 0.4) is 0 Å². The van der Waals surface area contributed by atoms with E-state index in [0.717, 1.165) is 12.4 Å². The molecule has 0 amide bonds. The minimum atomic E-state index is 0.924. The number of aromatic nitrogens is 1. The number of nitrogens with zero attached hydrogens (tertiary/aromatic N) is 1. The minimum Gasteiger partial charge on any atom is -0.370 e. The second-order valence-electron chi connectivity index (χ2n) is 1.89. The van der Waals surface area contributed by atoms with Gasteiger partial charge in [-0.05, 0) is 41.6 Å². The number of halogens is 1. The summed E-state index contributed by atoms with van der Waals surface area (Å²) in [5.41, 5.74) is 0. The quantitative estimate of drug-likeness (QED) is 0.811. The molecule has 10 heavy (non-hydrogen) atoms. The number of nitrogens with one attached hydrogen (secondary N) is 1. The highest BCUT2D eigenvalue weighted by atomic mass is 127. The van der Waals surface area contributed by atoms with Crippen molar-refractivity contribution >= 4 is 28.4 Å². The number of pyridine rings is 1. The lowest BCUT2D eigenvalue weighted by Gasteiger charge is -1.99. The fourth-order valence-electron chi connectivity index (χ4n) is 0.662. The zero-order valence-corrected chi connectivity index (χ0v) is 7.92. The molecule has 54 valence electrons. The maximum absolute atomic E-state index is 4.15. The summed E-state index contributed by atoms with van der Waals surface area (Å²) in [6.45, 7) is 2.98. The van der Waals surface area contributed by atoms with Crippen LogP contribution in [0.5, 0.6) is 0 Å². The number of hydrogen-bond donors (Lipinski definition) is 1. The van der Waals surface area contributed by atoms with Crippen LogP contribution in [-0.2, 0) is 0 Å². The average molecular weight is 248 g/mol. The molecule has 0 aliphatic heterocycles. The molecule has 1 N–H and O–H groups in total. The first kappa shape index (κ1) is 7.78. The van der Waals surface area contributed by atoms with Crippen LogP contribution in [0, 0.1) is 3.57 Å². The molecule has 1 rings (SSSR count). The van der Waals surface area contributed by atoms with Crippen LogP contribution in [-0.4, -0.2) is 11.5 Å². The lowest BCUT2D eigenvalue weighted by atomic mass is 10.4. The van der Waals surface area contributed by atoms with Gasteiger partial charge in [0, 0.05) is 16.3 Å². The van der Waals surface area contributed by atoms with Gasteiger partial charge in [-0.2, -0.15) is 0 Å². The molecule has 0 bridgehead atoms. The van der Waals surface area contributed by atoms with Crippen LogP contribution in [0.1, 0.15) is 6.92 Å². The second kappa shape index (κ2) is 3.75. The van der Waals surface area contributed by atoms with Crippen molar-refractivity contribution in [1.82, 2.24) is 4.98 Å². The molecular weight excluding hydrogens is 239 g/mol. The van der Waals surface area contributed by atoms with Crippen LogP contribution >= 0.6 is 22.6 Å². The van der Waals surface area contributed by atoms with Crippen molar-refractivity contribution in [3.05, 3.63) is 21.9 Å². The minimum absolute atomic E-state index is 0.924. The van der Waals surface area contributed by atoms with Gasteiger partial charge in [0.15, 0.2) is 0 Å². The van der Waals surface area contributed by atoms with E-state index in [1.807, 2.05) is 18.3 Å². The Morgan fingerprint density at radius 2 is 2.40 bits per heavy atom. The third kappa shape index (κ3) is 2.13. The molecule has 0 aliphatic rings. The van der Waals surface area contributed by atoms with E-state index >= 15 is 0 Å². The van der Waals surface area contributed by atoms with E-state index in [0.29, 0.717) is 0 Å². The normalized spacial score (nSPS) is 9.40. The Bertz CT molecular complexity index is 195. The fourth-order valence-corrected chi connectivity index (χ4v) is 0.981. The Balaban J connectivity index is 2.69. The standard InChI is InChI=1S/C7H9IN2/c1-2-9-7-4-3-6(8)5-10-7/h3-5H,2H2,1H3,(H,9,10). The molecule has 0 spiro atoms. The number of anilines is 1. The van der Waals surface area contributed by atoms with Gasteiger partial charge in [-0.1, -0.05) is 0 Å². The molecule has 0 saturated heterocycles. The van der Waals surface area contributed by atoms with Gasteiger partial charge in [-0.15, -0.1) is 0 Å². The Hall–Kier alpha value is -0.320. The van der Waals surface area contributed by atoms with E-state index < -0.39 is 0 Å². The van der Waals surface area contributed by atoms with Crippen molar-refractivity contribution in [2.24, 2.45) is 0 Å². The number of hydrogen-bond acceptors (Lipinski definition) is 2. The van der Waals surface area contributed by atoms with E-state index in [4.69, 9.17) is 0 Å². The topological polar surface area (TPSA) is 24.9 Å². The van der Waals surface area contributed by atoms with Crippen molar-refractivity contribution in [1.29, 1.82) is 0 Å². The summed E-state index contributed by atoms with van der Waals surface area (Å²) in [4.78, 5) is 4.15. The highest BCUT2D eigenvalue weighted by molar-refractivity contribution is 14.1. The van der Waals surface area contributed by atoms with E-state index in [1.165, 1.54) is 3.57 Å². The highest BCUT2D eigenvalue weighted by Gasteiger charge is 1.88. The summed E-state index contributed by atoms with van der Waals surface area (Å²) in [6, 6.07) is 4.01. The third-order valence-electron chi connectivity index (χ3n) is 1.09. The van der Waals surface area contributed by atoms with Gasteiger partial charge in [0.25, 0.3) is 0 Å². The van der Waals surface area contributed by atoms with Gasteiger partial charge in [0.1, 0.15) is 5.82 Å². The monoisotopic (exact) mass is 248 g/mol. The largest absolute Gasteiger partial charge is 0.370 e. The van der Waals surface area contributed by atoms with Gasteiger partial charge >= 0.3 is 0 Å². The first-order valence-corrected chi connectivity index (χ1v) is 4.26. The SMILES string of the molecule is CCNc1ccc(I)cn1. The van der Waals surface area contributed by atoms with Crippen LogP contribution in [0.15, 0.2) is 18.3 Å². The molecular formula is C7H9IN2. The summed E-state index contributed by atoms with van der Waals surface area (Å²) in [7, 11) is 0. The Morgan fingerprint density at radius 1 is 1.60 bits per heavy atom. The Labute approximate surface area is 74.2 Å². The number of rotatable bonds is 2. The van der Waals surface area contributed by atoms with Gasteiger partial charge in [0.05, 0.1) is 0 Å². The zero-order chi connectivity index (χ0) is 7.40. The van der Waals surface area contributed by atoms with E-state index in [1.54, 1.807) is 0 Å². The van der Waals surface area contributed by atoms with E-state index in [2.05, 4.69) is 39.8 Å². The molecule has 0 atom stereocenters. The lowest BCUT2D eigenvalue weighted by Crippen LogP contribution is -1.98. The third-order valence-corrected chi connectivity index (χ3v) is 1.72. The summed E-state index contributed by atoms with van der Waals surface area (Å²) >= 11 is 2.23. The second-order valence-corrected chi connectivity index (χ2v) is 3.14.